The van der Waals surface area contributed by atoms with Crippen LogP contribution in [0.5, 0.6) is 0 Å². The van der Waals surface area contributed by atoms with E-state index < -0.39 is 0 Å². The van der Waals surface area contributed by atoms with Gasteiger partial charge in [0.15, 0.2) is 0 Å². The van der Waals surface area contributed by atoms with E-state index >= 15 is 0 Å². The molecule has 1 fully saturated rings. The lowest BCUT2D eigenvalue weighted by molar-refractivity contribution is 0.0500. The second kappa shape index (κ2) is 6.53. The lowest BCUT2D eigenvalue weighted by atomic mass is 10.1. The number of nitrogens with zero attached hydrogens (tertiary/aromatic N) is 4. The molecule has 6 nitrogen and oxygen atoms in total. The van der Waals surface area contributed by atoms with E-state index in [1.807, 2.05) is 59.5 Å². The molecule has 0 radical (unpaired) electrons. The van der Waals surface area contributed by atoms with Gasteiger partial charge in [0.1, 0.15) is 0 Å². The molecule has 2 aliphatic rings. The molecule has 1 aliphatic carbocycles. The lowest BCUT2D eigenvalue weighted by Gasteiger charge is -2.34. The van der Waals surface area contributed by atoms with Crippen LogP contribution in [-0.2, 0) is 18.3 Å². The Kier molecular flexibility index (Phi) is 4.01. The van der Waals surface area contributed by atoms with Gasteiger partial charge in [-0.15, -0.1) is 0 Å². The summed E-state index contributed by atoms with van der Waals surface area (Å²) in [6.45, 7) is 2.69. The Bertz CT molecular complexity index is 985. The second-order valence-electron chi connectivity index (χ2n) is 7.78. The third kappa shape index (κ3) is 3.04. The average Bonchev–Trinajstić information content (AvgIpc) is 3.27. The maximum atomic E-state index is 13.3. The van der Waals surface area contributed by atoms with Crippen molar-refractivity contribution in [3.8, 4) is 0 Å². The summed E-state index contributed by atoms with van der Waals surface area (Å²) in [6.07, 6.45) is 8.23. The smallest absolute Gasteiger partial charge is 0.256 e. The molecule has 0 saturated heterocycles. The summed E-state index contributed by atoms with van der Waals surface area (Å²) in [5, 5.41) is 1.01. The van der Waals surface area contributed by atoms with Crippen LogP contribution in [0.4, 0.5) is 0 Å². The molecule has 6 heteroatoms. The molecule has 1 unspecified atom stereocenters. The van der Waals surface area contributed by atoms with Crippen LogP contribution in [0, 0.1) is 5.92 Å². The van der Waals surface area contributed by atoms with Gasteiger partial charge in [-0.05, 0) is 24.8 Å². The van der Waals surface area contributed by atoms with Gasteiger partial charge in [0, 0.05) is 43.5 Å². The molecule has 5 rings (SSSR count). The standard InChI is InChI=1S/C21H24N4O2/c1-23-11-19(18-4-2-3-5-20(18)23)21(26)24-9-16-8-22-14-25(16)17(10-24)13-27-12-15-6-7-15/h2-5,8,11,14-15,17H,6-7,9-10,12-13H2,1H3. The first-order chi connectivity index (χ1) is 13.2. The number of carbonyl (C=O) groups is 1. The van der Waals surface area contributed by atoms with Crippen molar-refractivity contribution in [2.75, 3.05) is 19.8 Å². The number of hydrogen-bond donors (Lipinski definition) is 0. The molecule has 0 bridgehead atoms. The van der Waals surface area contributed by atoms with Crippen LogP contribution in [0.3, 0.4) is 0 Å². The summed E-state index contributed by atoms with van der Waals surface area (Å²) in [5.41, 5.74) is 2.90. The van der Waals surface area contributed by atoms with Crippen LogP contribution in [0.2, 0.25) is 0 Å². The maximum absolute atomic E-state index is 13.3. The van der Waals surface area contributed by atoms with Gasteiger partial charge < -0.3 is 18.8 Å². The van der Waals surface area contributed by atoms with Crippen molar-refractivity contribution in [2.45, 2.75) is 25.4 Å². The van der Waals surface area contributed by atoms with Crippen molar-refractivity contribution in [1.82, 2.24) is 19.0 Å². The van der Waals surface area contributed by atoms with Gasteiger partial charge in [-0.25, -0.2) is 4.98 Å². The van der Waals surface area contributed by atoms with E-state index in [9.17, 15) is 4.79 Å². The van der Waals surface area contributed by atoms with Crippen molar-refractivity contribution >= 4 is 16.8 Å². The molecule has 1 aromatic carbocycles. The first-order valence-corrected chi connectivity index (χ1v) is 9.62. The third-order valence-electron chi connectivity index (χ3n) is 5.70. The van der Waals surface area contributed by atoms with Gasteiger partial charge in [0.2, 0.25) is 0 Å². The molecular weight excluding hydrogens is 340 g/mol. The highest BCUT2D eigenvalue weighted by molar-refractivity contribution is 6.07. The SMILES string of the molecule is Cn1cc(C(=O)N2Cc3cncn3C(COCC3CC3)C2)c2ccccc21. The fourth-order valence-electron chi connectivity index (χ4n) is 4.01. The average molecular weight is 364 g/mol. The van der Waals surface area contributed by atoms with Crippen molar-refractivity contribution in [3.63, 3.8) is 0 Å². The number of hydrogen-bond acceptors (Lipinski definition) is 3. The van der Waals surface area contributed by atoms with Crippen LogP contribution in [0.15, 0.2) is 43.0 Å². The molecule has 3 heterocycles. The molecule has 0 N–H and O–H groups in total. The van der Waals surface area contributed by atoms with Crippen molar-refractivity contribution in [3.05, 3.63) is 54.2 Å². The highest BCUT2D eigenvalue weighted by Crippen LogP contribution is 2.30. The van der Waals surface area contributed by atoms with Gasteiger partial charge in [0.05, 0.1) is 36.8 Å². The van der Waals surface area contributed by atoms with Crippen molar-refractivity contribution < 1.29 is 9.53 Å². The van der Waals surface area contributed by atoms with Crippen LogP contribution in [0.1, 0.15) is 34.9 Å². The van der Waals surface area contributed by atoms with Gasteiger partial charge in [-0.2, -0.15) is 0 Å². The third-order valence-corrected chi connectivity index (χ3v) is 5.70. The van der Waals surface area contributed by atoms with Crippen LogP contribution < -0.4 is 0 Å². The van der Waals surface area contributed by atoms with E-state index in [1.165, 1.54) is 12.8 Å². The van der Waals surface area contributed by atoms with E-state index in [1.54, 1.807) is 0 Å². The Labute approximate surface area is 158 Å². The van der Waals surface area contributed by atoms with Crippen LogP contribution in [0.25, 0.3) is 10.9 Å². The molecular formula is C21H24N4O2. The van der Waals surface area contributed by atoms with Gasteiger partial charge in [-0.3, -0.25) is 4.79 Å². The monoisotopic (exact) mass is 364 g/mol. The predicted molar refractivity (Wildman–Crippen MR) is 102 cm³/mol. The number of amides is 1. The summed E-state index contributed by atoms with van der Waals surface area (Å²) in [6, 6.07) is 8.18. The Morgan fingerprint density at radius 2 is 2.11 bits per heavy atom. The van der Waals surface area contributed by atoms with E-state index in [2.05, 4.69) is 9.55 Å². The zero-order valence-corrected chi connectivity index (χ0v) is 15.5. The van der Waals surface area contributed by atoms with Crippen molar-refractivity contribution in [1.29, 1.82) is 0 Å². The number of rotatable bonds is 5. The minimum atomic E-state index is 0.0754. The fourth-order valence-corrected chi connectivity index (χ4v) is 4.01. The Morgan fingerprint density at radius 3 is 2.96 bits per heavy atom. The zero-order chi connectivity index (χ0) is 18.4. The predicted octanol–water partition coefficient (Wildman–Crippen LogP) is 3.00. The molecule has 1 saturated carbocycles. The van der Waals surface area contributed by atoms with E-state index in [0.29, 0.717) is 19.7 Å². The van der Waals surface area contributed by atoms with Gasteiger partial charge in [-0.1, -0.05) is 18.2 Å². The molecule has 0 spiro atoms. The maximum Gasteiger partial charge on any atom is 0.256 e. The lowest BCUT2D eigenvalue weighted by Crippen LogP contribution is -2.42. The molecule has 1 aliphatic heterocycles. The molecule has 140 valence electrons. The molecule has 1 atom stereocenters. The number of carbonyl (C=O) groups excluding carboxylic acids is 1. The molecule has 3 aromatic rings. The van der Waals surface area contributed by atoms with Crippen LogP contribution >= 0.6 is 0 Å². The number of benzene rings is 1. The van der Waals surface area contributed by atoms with Crippen LogP contribution in [-0.4, -0.2) is 44.7 Å². The van der Waals surface area contributed by atoms with Gasteiger partial charge >= 0.3 is 0 Å². The largest absolute Gasteiger partial charge is 0.379 e. The number of aryl methyl sites for hydroxylation is 1. The van der Waals surface area contributed by atoms with Crippen molar-refractivity contribution in [2.24, 2.45) is 13.0 Å². The Morgan fingerprint density at radius 1 is 1.26 bits per heavy atom. The van der Waals surface area contributed by atoms with Gasteiger partial charge in [0.25, 0.3) is 5.91 Å². The quantitative estimate of drug-likeness (QED) is 0.699. The molecule has 1 amide bonds. The highest BCUT2D eigenvalue weighted by atomic mass is 16.5. The normalized spacial score (nSPS) is 19.4. The fraction of sp³-hybridized carbons (Fsp3) is 0.429. The zero-order valence-electron chi connectivity index (χ0n) is 15.5. The number of ether oxygens (including phenoxy) is 1. The Hall–Kier alpha value is -2.60. The molecule has 2 aromatic heterocycles. The summed E-state index contributed by atoms with van der Waals surface area (Å²) in [5.74, 6) is 0.815. The van der Waals surface area contributed by atoms with E-state index in [4.69, 9.17) is 4.74 Å². The summed E-state index contributed by atoms with van der Waals surface area (Å²) < 4.78 is 10.1. The molecule has 27 heavy (non-hydrogen) atoms. The Balaban J connectivity index is 1.40. The topological polar surface area (TPSA) is 52.3 Å². The first kappa shape index (κ1) is 16.6. The number of aromatic nitrogens is 3. The summed E-state index contributed by atoms with van der Waals surface area (Å²) >= 11 is 0. The van der Waals surface area contributed by atoms with E-state index in [-0.39, 0.29) is 11.9 Å². The first-order valence-electron chi connectivity index (χ1n) is 9.62. The van der Waals surface area contributed by atoms with E-state index in [0.717, 1.165) is 34.7 Å². The summed E-state index contributed by atoms with van der Waals surface area (Å²) in [4.78, 5) is 19.6. The summed E-state index contributed by atoms with van der Waals surface area (Å²) in [7, 11) is 1.99. The minimum Gasteiger partial charge on any atom is -0.379 e. The second-order valence-corrected chi connectivity index (χ2v) is 7.78. The highest BCUT2D eigenvalue weighted by Gasteiger charge is 2.30. The minimum absolute atomic E-state index is 0.0754. The number of imidazole rings is 1. The number of fused-ring (bicyclic) bond motifs is 2. The number of para-hydroxylation sites is 1.